The average molecular weight is 329 g/mol. The highest BCUT2D eigenvalue weighted by Gasteiger charge is 2.13. The Morgan fingerprint density at radius 1 is 1.13 bits per heavy atom. The molecule has 3 rings (SSSR count). The molecule has 5 heteroatoms. The number of benzene rings is 2. The molecule has 0 unspecified atom stereocenters. The van der Waals surface area contributed by atoms with Crippen molar-refractivity contribution in [2.24, 2.45) is 0 Å². The van der Waals surface area contributed by atoms with E-state index in [0.29, 0.717) is 5.75 Å². The molecule has 0 atom stereocenters. The second kappa shape index (κ2) is 7.42. The van der Waals surface area contributed by atoms with Gasteiger partial charge in [0.05, 0.1) is 5.75 Å². The van der Waals surface area contributed by atoms with E-state index < -0.39 is 0 Å². The number of amides is 1. The summed E-state index contributed by atoms with van der Waals surface area (Å²) in [6, 6.07) is 13.8. The highest BCUT2D eigenvalue weighted by atomic mass is 32.2. The maximum absolute atomic E-state index is 12.0. The van der Waals surface area contributed by atoms with Crippen LogP contribution in [0, 0.1) is 0 Å². The van der Waals surface area contributed by atoms with E-state index in [4.69, 9.17) is 9.47 Å². The predicted octanol–water partition coefficient (Wildman–Crippen LogP) is 3.85. The second-order valence-corrected chi connectivity index (χ2v) is 6.27. The Morgan fingerprint density at radius 2 is 2.00 bits per heavy atom. The van der Waals surface area contributed by atoms with Crippen molar-refractivity contribution in [2.75, 3.05) is 17.9 Å². The van der Waals surface area contributed by atoms with Crippen LogP contribution in [0.4, 0.5) is 5.69 Å². The molecule has 0 saturated heterocycles. The number of hydrogen-bond acceptors (Lipinski definition) is 4. The van der Waals surface area contributed by atoms with Gasteiger partial charge >= 0.3 is 0 Å². The fraction of sp³-hybridized carbons (Fsp3) is 0.278. The van der Waals surface area contributed by atoms with Gasteiger partial charge in [0.2, 0.25) is 12.7 Å². The third kappa shape index (κ3) is 4.20. The summed E-state index contributed by atoms with van der Waals surface area (Å²) in [6.45, 7) is 2.38. The zero-order chi connectivity index (χ0) is 16.1. The normalized spacial score (nSPS) is 12.2. The van der Waals surface area contributed by atoms with Gasteiger partial charge in [-0.15, -0.1) is 11.8 Å². The van der Waals surface area contributed by atoms with Crippen LogP contribution in [0.3, 0.4) is 0 Å². The van der Waals surface area contributed by atoms with E-state index in [2.05, 4.69) is 18.3 Å². The van der Waals surface area contributed by atoms with Crippen molar-refractivity contribution in [3.05, 3.63) is 53.6 Å². The van der Waals surface area contributed by atoms with Crippen LogP contribution in [-0.4, -0.2) is 18.5 Å². The minimum atomic E-state index is 0.0176. The van der Waals surface area contributed by atoms with Crippen LogP contribution in [0.25, 0.3) is 0 Å². The van der Waals surface area contributed by atoms with Gasteiger partial charge in [0.25, 0.3) is 0 Å². The summed E-state index contributed by atoms with van der Waals surface area (Å²) in [7, 11) is 0. The lowest BCUT2D eigenvalue weighted by Crippen LogP contribution is -2.14. The maximum Gasteiger partial charge on any atom is 0.234 e. The van der Waals surface area contributed by atoms with Gasteiger partial charge in [0, 0.05) is 11.4 Å². The number of aryl methyl sites for hydroxylation is 1. The molecule has 0 bridgehead atoms. The van der Waals surface area contributed by atoms with Crippen LogP contribution in [0.1, 0.15) is 18.1 Å². The summed E-state index contributed by atoms with van der Waals surface area (Å²) in [6.07, 6.45) is 0.961. The molecule has 1 heterocycles. The Bertz CT molecular complexity index is 702. The van der Waals surface area contributed by atoms with Gasteiger partial charge in [-0.05, 0) is 41.8 Å². The number of thioether (sulfide) groups is 1. The van der Waals surface area contributed by atoms with Crippen molar-refractivity contribution in [3.63, 3.8) is 0 Å². The third-order valence-electron chi connectivity index (χ3n) is 3.56. The van der Waals surface area contributed by atoms with E-state index in [1.807, 2.05) is 36.4 Å². The Balaban J connectivity index is 1.47. The quantitative estimate of drug-likeness (QED) is 0.874. The van der Waals surface area contributed by atoms with Gasteiger partial charge < -0.3 is 14.8 Å². The largest absolute Gasteiger partial charge is 0.454 e. The van der Waals surface area contributed by atoms with Crippen molar-refractivity contribution in [3.8, 4) is 11.5 Å². The number of ether oxygens (including phenoxy) is 2. The summed E-state index contributed by atoms with van der Waals surface area (Å²) < 4.78 is 10.6. The molecule has 23 heavy (non-hydrogen) atoms. The molecular weight excluding hydrogens is 310 g/mol. The average Bonchev–Trinajstić information content (AvgIpc) is 3.02. The number of fused-ring (bicyclic) bond motifs is 1. The number of carbonyl (C=O) groups is 1. The summed E-state index contributed by atoms with van der Waals surface area (Å²) in [4.78, 5) is 12.0. The number of hydrogen-bond donors (Lipinski definition) is 1. The smallest absolute Gasteiger partial charge is 0.234 e. The Hall–Kier alpha value is -2.14. The van der Waals surface area contributed by atoms with Crippen LogP contribution >= 0.6 is 11.8 Å². The van der Waals surface area contributed by atoms with Crippen molar-refractivity contribution in [1.29, 1.82) is 0 Å². The molecule has 2 aromatic rings. The molecule has 4 nitrogen and oxygen atoms in total. The first kappa shape index (κ1) is 15.7. The Morgan fingerprint density at radius 3 is 2.87 bits per heavy atom. The summed E-state index contributed by atoms with van der Waals surface area (Å²) in [5.41, 5.74) is 3.20. The van der Waals surface area contributed by atoms with Gasteiger partial charge in [-0.25, -0.2) is 0 Å². The first-order valence-electron chi connectivity index (χ1n) is 7.59. The fourth-order valence-electron chi connectivity index (χ4n) is 2.36. The molecule has 1 N–H and O–H groups in total. The monoisotopic (exact) mass is 329 g/mol. The molecule has 0 spiro atoms. The molecule has 0 aliphatic carbocycles. The van der Waals surface area contributed by atoms with E-state index in [1.54, 1.807) is 11.8 Å². The first-order chi connectivity index (χ1) is 11.2. The summed E-state index contributed by atoms with van der Waals surface area (Å²) in [5.74, 6) is 2.77. The van der Waals surface area contributed by atoms with Gasteiger partial charge in [-0.2, -0.15) is 0 Å². The maximum atomic E-state index is 12.0. The molecule has 120 valence electrons. The molecule has 0 saturated carbocycles. The Kier molecular flexibility index (Phi) is 5.08. The highest BCUT2D eigenvalue weighted by Crippen LogP contribution is 2.33. The number of carbonyl (C=O) groups excluding carboxylic acids is 1. The SMILES string of the molecule is CCc1cccc(NC(=O)CSCc2ccc3c(c2)OCO3)c1. The van der Waals surface area contributed by atoms with Crippen molar-refractivity contribution in [2.45, 2.75) is 19.1 Å². The minimum absolute atomic E-state index is 0.0176. The lowest BCUT2D eigenvalue weighted by molar-refractivity contribution is -0.113. The molecular formula is C18H19NO3S. The van der Waals surface area contributed by atoms with Gasteiger partial charge in [0.15, 0.2) is 11.5 Å². The predicted molar refractivity (Wildman–Crippen MR) is 93.2 cm³/mol. The van der Waals surface area contributed by atoms with E-state index in [0.717, 1.165) is 34.9 Å². The van der Waals surface area contributed by atoms with Gasteiger partial charge in [0.1, 0.15) is 0 Å². The minimum Gasteiger partial charge on any atom is -0.454 e. The topological polar surface area (TPSA) is 47.6 Å². The second-order valence-electron chi connectivity index (χ2n) is 5.28. The van der Waals surface area contributed by atoms with Gasteiger partial charge in [-0.1, -0.05) is 25.1 Å². The molecule has 1 aliphatic rings. The Labute approximate surface area is 140 Å². The summed E-state index contributed by atoms with van der Waals surface area (Å²) >= 11 is 1.58. The van der Waals surface area contributed by atoms with E-state index in [9.17, 15) is 4.79 Å². The van der Waals surface area contributed by atoms with Crippen LogP contribution in [0.5, 0.6) is 11.5 Å². The standard InChI is InChI=1S/C18H19NO3S/c1-2-13-4-3-5-15(8-13)19-18(20)11-23-10-14-6-7-16-17(9-14)22-12-21-16/h3-9H,2,10-12H2,1H3,(H,19,20). The number of anilines is 1. The lowest BCUT2D eigenvalue weighted by Gasteiger charge is -2.07. The molecule has 1 amide bonds. The highest BCUT2D eigenvalue weighted by molar-refractivity contribution is 7.99. The van der Waals surface area contributed by atoms with Gasteiger partial charge in [-0.3, -0.25) is 4.79 Å². The number of nitrogens with one attached hydrogen (secondary N) is 1. The van der Waals surface area contributed by atoms with Crippen LogP contribution in [0.15, 0.2) is 42.5 Å². The van der Waals surface area contributed by atoms with Crippen LogP contribution in [-0.2, 0) is 17.0 Å². The van der Waals surface area contributed by atoms with E-state index in [-0.39, 0.29) is 12.7 Å². The first-order valence-corrected chi connectivity index (χ1v) is 8.75. The molecule has 0 aromatic heterocycles. The molecule has 0 radical (unpaired) electrons. The molecule has 1 aliphatic heterocycles. The zero-order valence-corrected chi connectivity index (χ0v) is 13.8. The van der Waals surface area contributed by atoms with E-state index in [1.165, 1.54) is 5.56 Å². The van der Waals surface area contributed by atoms with Crippen LogP contribution < -0.4 is 14.8 Å². The van der Waals surface area contributed by atoms with Crippen molar-refractivity contribution >= 4 is 23.4 Å². The molecule has 2 aromatic carbocycles. The van der Waals surface area contributed by atoms with Crippen molar-refractivity contribution < 1.29 is 14.3 Å². The fourth-order valence-corrected chi connectivity index (χ4v) is 3.13. The summed E-state index contributed by atoms with van der Waals surface area (Å²) in [5, 5.41) is 2.94. The zero-order valence-electron chi connectivity index (χ0n) is 13.0. The third-order valence-corrected chi connectivity index (χ3v) is 4.56. The van der Waals surface area contributed by atoms with E-state index >= 15 is 0 Å². The van der Waals surface area contributed by atoms with Crippen LogP contribution in [0.2, 0.25) is 0 Å². The van der Waals surface area contributed by atoms with Crippen molar-refractivity contribution in [1.82, 2.24) is 0 Å². The number of rotatable bonds is 6. The lowest BCUT2D eigenvalue weighted by atomic mass is 10.1. The molecule has 0 fully saturated rings.